The van der Waals surface area contributed by atoms with Gasteiger partial charge in [0, 0.05) is 56.5 Å². The molecule has 3 heterocycles. The summed E-state index contributed by atoms with van der Waals surface area (Å²) < 4.78 is 5.05. The zero-order valence-electron chi connectivity index (χ0n) is 16.0. The molecule has 28 heavy (non-hydrogen) atoms. The molecule has 0 unspecified atom stereocenters. The first-order valence-corrected chi connectivity index (χ1v) is 9.71. The second-order valence-corrected chi connectivity index (χ2v) is 7.51. The molecule has 2 aromatic rings. The Hall–Kier alpha value is -2.73. The molecule has 3 atom stereocenters. The Morgan fingerprint density at radius 3 is 2.54 bits per heavy atom. The third kappa shape index (κ3) is 3.52. The minimum absolute atomic E-state index is 0.0212. The number of nitrogens with zero attached hydrogens (tertiary/aromatic N) is 3. The summed E-state index contributed by atoms with van der Waals surface area (Å²) in [6, 6.07) is 13.7. The maximum absolute atomic E-state index is 13.2. The van der Waals surface area contributed by atoms with Crippen LogP contribution in [0.2, 0.25) is 0 Å². The third-order valence-corrected chi connectivity index (χ3v) is 5.87. The number of carbonyl (C=O) groups excluding carboxylic acids is 2. The van der Waals surface area contributed by atoms with Crippen molar-refractivity contribution in [3.05, 3.63) is 66.0 Å². The fraction of sp³-hybridized carbons (Fsp3) is 0.409. The van der Waals surface area contributed by atoms with Crippen LogP contribution in [0.25, 0.3) is 0 Å². The van der Waals surface area contributed by atoms with Crippen molar-refractivity contribution >= 4 is 11.8 Å². The van der Waals surface area contributed by atoms with E-state index in [0.717, 1.165) is 5.56 Å². The molecule has 6 heteroatoms. The number of pyridine rings is 1. The van der Waals surface area contributed by atoms with Crippen LogP contribution in [0, 0.1) is 11.8 Å². The monoisotopic (exact) mass is 379 g/mol. The first-order chi connectivity index (χ1) is 13.7. The fourth-order valence-electron chi connectivity index (χ4n) is 4.54. The zero-order chi connectivity index (χ0) is 19.5. The summed E-state index contributed by atoms with van der Waals surface area (Å²) in [6.07, 6.45) is 3.71. The van der Waals surface area contributed by atoms with Crippen LogP contribution in [-0.4, -0.2) is 59.9 Å². The number of carbonyl (C=O) groups is 2. The van der Waals surface area contributed by atoms with Crippen molar-refractivity contribution in [1.82, 2.24) is 14.8 Å². The molecule has 0 bridgehead atoms. The number of hydrogen-bond donors (Lipinski definition) is 0. The molecular formula is C22H25N3O3. The highest BCUT2D eigenvalue weighted by atomic mass is 16.5. The van der Waals surface area contributed by atoms with Crippen molar-refractivity contribution in [1.29, 1.82) is 0 Å². The average molecular weight is 379 g/mol. The number of aromatic nitrogens is 1. The van der Waals surface area contributed by atoms with Gasteiger partial charge < -0.3 is 14.5 Å². The molecule has 0 spiro atoms. The quantitative estimate of drug-likeness (QED) is 0.800. The SMILES string of the molecule is COCCC(=O)N1C[C@H]2CN(C(=O)c3ccncc3)[C@H](c3ccccc3)[C@H]2C1. The van der Waals surface area contributed by atoms with E-state index in [1.54, 1.807) is 31.6 Å². The van der Waals surface area contributed by atoms with Crippen molar-refractivity contribution in [2.75, 3.05) is 33.4 Å². The minimum atomic E-state index is -0.0212. The molecule has 2 amide bonds. The normalized spacial score (nSPS) is 23.7. The van der Waals surface area contributed by atoms with Gasteiger partial charge in [-0.25, -0.2) is 0 Å². The summed E-state index contributed by atoms with van der Waals surface area (Å²) >= 11 is 0. The molecular weight excluding hydrogens is 354 g/mol. The van der Waals surface area contributed by atoms with Crippen molar-refractivity contribution < 1.29 is 14.3 Å². The standard InChI is InChI=1S/C22H25N3O3/c1-28-12-9-20(26)24-13-18-14-25(22(27)17-7-10-23-11-8-17)21(19(18)15-24)16-5-3-2-4-6-16/h2-8,10-11,18-19,21H,9,12-15H2,1H3/t18-,19-,21+/m0/s1. The van der Waals surface area contributed by atoms with Crippen LogP contribution < -0.4 is 0 Å². The molecule has 2 aliphatic heterocycles. The van der Waals surface area contributed by atoms with Crippen LogP contribution in [0.4, 0.5) is 0 Å². The van der Waals surface area contributed by atoms with Gasteiger partial charge in [0.2, 0.25) is 5.91 Å². The molecule has 1 aromatic heterocycles. The van der Waals surface area contributed by atoms with E-state index in [1.807, 2.05) is 28.0 Å². The molecule has 0 aliphatic carbocycles. The molecule has 4 rings (SSSR count). The zero-order valence-corrected chi connectivity index (χ0v) is 16.0. The van der Waals surface area contributed by atoms with E-state index >= 15 is 0 Å². The van der Waals surface area contributed by atoms with Gasteiger partial charge in [0.05, 0.1) is 19.1 Å². The predicted molar refractivity (Wildman–Crippen MR) is 105 cm³/mol. The number of rotatable bonds is 5. The number of hydrogen-bond acceptors (Lipinski definition) is 4. The maximum Gasteiger partial charge on any atom is 0.254 e. The summed E-state index contributed by atoms with van der Waals surface area (Å²) in [5.74, 6) is 0.708. The molecule has 6 nitrogen and oxygen atoms in total. The molecule has 0 N–H and O–H groups in total. The van der Waals surface area contributed by atoms with Crippen LogP contribution >= 0.6 is 0 Å². The van der Waals surface area contributed by atoms with E-state index in [0.29, 0.717) is 44.1 Å². The molecule has 1 aromatic carbocycles. The van der Waals surface area contributed by atoms with Gasteiger partial charge in [-0.15, -0.1) is 0 Å². The van der Waals surface area contributed by atoms with E-state index < -0.39 is 0 Å². The van der Waals surface area contributed by atoms with Gasteiger partial charge >= 0.3 is 0 Å². The molecule has 0 saturated carbocycles. The minimum Gasteiger partial charge on any atom is -0.384 e. The van der Waals surface area contributed by atoms with Gasteiger partial charge in [0.25, 0.3) is 5.91 Å². The Bertz CT molecular complexity index is 827. The van der Waals surface area contributed by atoms with E-state index in [4.69, 9.17) is 4.74 Å². The summed E-state index contributed by atoms with van der Waals surface area (Å²) in [5.41, 5.74) is 1.78. The highest BCUT2D eigenvalue weighted by Crippen LogP contribution is 2.45. The number of likely N-dealkylation sites (tertiary alicyclic amines) is 2. The van der Waals surface area contributed by atoms with Gasteiger partial charge in [-0.05, 0) is 17.7 Å². The largest absolute Gasteiger partial charge is 0.384 e. The van der Waals surface area contributed by atoms with Crippen LogP contribution in [-0.2, 0) is 9.53 Å². The number of ether oxygens (including phenoxy) is 1. The highest BCUT2D eigenvalue weighted by Gasteiger charge is 2.49. The Morgan fingerprint density at radius 1 is 1.07 bits per heavy atom. The summed E-state index contributed by atoms with van der Waals surface area (Å²) in [5, 5.41) is 0. The van der Waals surface area contributed by atoms with Gasteiger partial charge in [-0.2, -0.15) is 0 Å². The molecule has 2 fully saturated rings. The molecule has 0 radical (unpaired) electrons. The lowest BCUT2D eigenvalue weighted by Crippen LogP contribution is -2.37. The third-order valence-electron chi connectivity index (χ3n) is 5.87. The van der Waals surface area contributed by atoms with E-state index in [-0.39, 0.29) is 23.8 Å². The Kier molecular flexibility index (Phi) is 5.39. The number of benzene rings is 1. The lowest BCUT2D eigenvalue weighted by atomic mass is 9.89. The Morgan fingerprint density at radius 2 is 1.82 bits per heavy atom. The van der Waals surface area contributed by atoms with Gasteiger partial charge in [-0.3, -0.25) is 14.6 Å². The van der Waals surface area contributed by atoms with Crippen LogP contribution in [0.5, 0.6) is 0 Å². The van der Waals surface area contributed by atoms with Crippen molar-refractivity contribution in [3.63, 3.8) is 0 Å². The Labute approximate surface area is 165 Å². The van der Waals surface area contributed by atoms with E-state index in [1.165, 1.54) is 0 Å². The highest BCUT2D eigenvalue weighted by molar-refractivity contribution is 5.94. The predicted octanol–water partition coefficient (Wildman–Crippen LogP) is 2.39. The second-order valence-electron chi connectivity index (χ2n) is 7.51. The first-order valence-electron chi connectivity index (χ1n) is 9.71. The van der Waals surface area contributed by atoms with Crippen molar-refractivity contribution in [2.24, 2.45) is 11.8 Å². The van der Waals surface area contributed by atoms with Gasteiger partial charge in [0.15, 0.2) is 0 Å². The first kappa shape index (κ1) is 18.6. The molecule has 146 valence electrons. The second kappa shape index (κ2) is 8.10. The number of amides is 2. The molecule has 2 saturated heterocycles. The van der Waals surface area contributed by atoms with Gasteiger partial charge in [0.1, 0.15) is 0 Å². The average Bonchev–Trinajstić information content (AvgIpc) is 3.31. The van der Waals surface area contributed by atoms with Crippen LogP contribution in [0.3, 0.4) is 0 Å². The lowest BCUT2D eigenvalue weighted by molar-refractivity contribution is -0.131. The number of methoxy groups -OCH3 is 1. The topological polar surface area (TPSA) is 62.7 Å². The number of fused-ring (bicyclic) bond motifs is 1. The van der Waals surface area contributed by atoms with Crippen molar-refractivity contribution in [2.45, 2.75) is 12.5 Å². The van der Waals surface area contributed by atoms with Crippen LogP contribution in [0.15, 0.2) is 54.9 Å². The fourth-order valence-corrected chi connectivity index (χ4v) is 4.54. The lowest BCUT2D eigenvalue weighted by Gasteiger charge is -2.30. The Balaban J connectivity index is 1.59. The van der Waals surface area contributed by atoms with Crippen LogP contribution in [0.1, 0.15) is 28.4 Å². The van der Waals surface area contributed by atoms with E-state index in [2.05, 4.69) is 17.1 Å². The van der Waals surface area contributed by atoms with Gasteiger partial charge in [-0.1, -0.05) is 30.3 Å². The summed E-state index contributed by atoms with van der Waals surface area (Å²) in [6.45, 7) is 2.50. The van der Waals surface area contributed by atoms with E-state index in [9.17, 15) is 9.59 Å². The maximum atomic E-state index is 13.2. The van der Waals surface area contributed by atoms with Crippen molar-refractivity contribution in [3.8, 4) is 0 Å². The summed E-state index contributed by atoms with van der Waals surface area (Å²) in [4.78, 5) is 33.6. The smallest absolute Gasteiger partial charge is 0.254 e. The summed E-state index contributed by atoms with van der Waals surface area (Å²) in [7, 11) is 1.61. The molecule has 2 aliphatic rings.